The number of rotatable bonds is 4. The molecule has 1 aromatic rings. The van der Waals surface area contributed by atoms with Gasteiger partial charge in [-0.1, -0.05) is 39.8 Å². The van der Waals surface area contributed by atoms with Crippen molar-refractivity contribution in [1.82, 2.24) is 5.32 Å². The van der Waals surface area contributed by atoms with Crippen molar-refractivity contribution in [2.45, 2.75) is 47.1 Å². The molecule has 1 N–H and O–H groups in total. The number of Topliss-reactive ketones (excluding diaryl/α,β-unsaturated/α-hetero) is 1. The van der Waals surface area contributed by atoms with Gasteiger partial charge < -0.3 is 5.32 Å². The standard InChI is InChI=1S/C11H14FNO.2C2H6/c1-8(14)11(13-2)7-9-3-5-10(12)6-4-9;2*1-2/h3-6,11,13H,7H2,1-2H3;2*1-2H3. The van der Waals surface area contributed by atoms with Gasteiger partial charge in [-0.2, -0.15) is 0 Å². The Kier molecular flexibility index (Phi) is 13.0. The first-order valence-corrected chi connectivity index (χ1v) is 6.55. The normalized spacial score (nSPS) is 10.4. The number of likely N-dealkylation sites (N-methyl/N-ethyl adjacent to an activating group) is 1. The van der Waals surface area contributed by atoms with Crippen molar-refractivity contribution in [2.24, 2.45) is 0 Å². The van der Waals surface area contributed by atoms with Crippen molar-refractivity contribution in [3.63, 3.8) is 0 Å². The fourth-order valence-electron chi connectivity index (χ4n) is 1.31. The third-order valence-electron chi connectivity index (χ3n) is 2.19. The van der Waals surface area contributed by atoms with Crippen LogP contribution < -0.4 is 5.32 Å². The van der Waals surface area contributed by atoms with Gasteiger partial charge in [0.15, 0.2) is 0 Å². The van der Waals surface area contributed by atoms with Crippen molar-refractivity contribution in [1.29, 1.82) is 0 Å². The Morgan fingerprint density at radius 3 is 1.94 bits per heavy atom. The summed E-state index contributed by atoms with van der Waals surface area (Å²) in [5.41, 5.74) is 0.959. The summed E-state index contributed by atoms with van der Waals surface area (Å²) in [6, 6.07) is 6.02. The highest BCUT2D eigenvalue weighted by Crippen LogP contribution is 2.06. The first kappa shape index (κ1) is 19.1. The van der Waals surface area contributed by atoms with Crippen LogP contribution in [0.2, 0.25) is 0 Å². The molecule has 0 saturated heterocycles. The molecule has 0 heterocycles. The van der Waals surface area contributed by atoms with Crippen LogP contribution in [0.4, 0.5) is 4.39 Å². The molecule has 0 radical (unpaired) electrons. The van der Waals surface area contributed by atoms with E-state index < -0.39 is 0 Å². The number of benzene rings is 1. The minimum atomic E-state index is -0.252. The highest BCUT2D eigenvalue weighted by atomic mass is 19.1. The number of carbonyl (C=O) groups excluding carboxylic acids is 1. The van der Waals surface area contributed by atoms with Crippen LogP contribution in [0.15, 0.2) is 24.3 Å². The lowest BCUT2D eigenvalue weighted by Gasteiger charge is -2.12. The number of hydrogen-bond acceptors (Lipinski definition) is 2. The molecule has 1 rings (SSSR count). The zero-order chi connectivity index (χ0) is 14.6. The van der Waals surface area contributed by atoms with E-state index in [-0.39, 0.29) is 17.6 Å². The zero-order valence-corrected chi connectivity index (χ0v) is 12.4. The molecule has 0 amide bonds. The summed E-state index contributed by atoms with van der Waals surface area (Å²) in [4.78, 5) is 11.1. The molecule has 1 atom stereocenters. The third kappa shape index (κ3) is 7.96. The Morgan fingerprint density at radius 2 is 1.61 bits per heavy atom. The van der Waals surface area contributed by atoms with Crippen molar-refractivity contribution in [3.05, 3.63) is 35.6 Å². The van der Waals surface area contributed by atoms with Crippen LogP contribution >= 0.6 is 0 Å². The van der Waals surface area contributed by atoms with Crippen molar-refractivity contribution < 1.29 is 9.18 Å². The predicted octanol–water partition coefficient (Wildman–Crippen LogP) is 3.60. The Morgan fingerprint density at radius 1 is 1.17 bits per heavy atom. The molecule has 0 saturated carbocycles. The maximum Gasteiger partial charge on any atom is 0.147 e. The van der Waals surface area contributed by atoms with E-state index in [2.05, 4.69) is 5.32 Å². The number of nitrogens with one attached hydrogen (secondary N) is 1. The van der Waals surface area contributed by atoms with Crippen LogP contribution in [0.25, 0.3) is 0 Å². The molecule has 18 heavy (non-hydrogen) atoms. The average molecular weight is 255 g/mol. The molecule has 0 aliphatic rings. The van der Waals surface area contributed by atoms with Gasteiger partial charge >= 0.3 is 0 Å². The van der Waals surface area contributed by atoms with E-state index in [1.165, 1.54) is 12.1 Å². The van der Waals surface area contributed by atoms with E-state index in [4.69, 9.17) is 0 Å². The topological polar surface area (TPSA) is 29.1 Å². The summed E-state index contributed by atoms with van der Waals surface area (Å²) in [6.07, 6.45) is 0.603. The summed E-state index contributed by atoms with van der Waals surface area (Å²) in [6.45, 7) is 9.55. The molecule has 1 unspecified atom stereocenters. The van der Waals surface area contributed by atoms with Gasteiger partial charge in [0.05, 0.1) is 6.04 Å². The third-order valence-corrected chi connectivity index (χ3v) is 2.19. The number of hydrogen-bond donors (Lipinski definition) is 1. The summed E-state index contributed by atoms with van der Waals surface area (Å²) in [5, 5.41) is 2.92. The highest BCUT2D eigenvalue weighted by Gasteiger charge is 2.11. The molecule has 0 fully saturated rings. The van der Waals surface area contributed by atoms with Gasteiger partial charge in [0.1, 0.15) is 11.6 Å². The largest absolute Gasteiger partial charge is 0.310 e. The lowest BCUT2D eigenvalue weighted by atomic mass is 10.0. The van der Waals surface area contributed by atoms with Crippen molar-refractivity contribution in [3.8, 4) is 0 Å². The maximum atomic E-state index is 12.6. The van der Waals surface area contributed by atoms with Gasteiger partial charge in [0, 0.05) is 0 Å². The quantitative estimate of drug-likeness (QED) is 0.890. The summed E-state index contributed by atoms with van der Waals surface area (Å²) in [5.74, 6) is -0.158. The average Bonchev–Trinajstić information content (AvgIpc) is 2.42. The number of ketones is 1. The molecular weight excluding hydrogens is 229 g/mol. The SMILES string of the molecule is CC.CC.CNC(Cc1ccc(F)cc1)C(C)=O. The number of carbonyl (C=O) groups is 1. The summed E-state index contributed by atoms with van der Waals surface area (Å²) >= 11 is 0. The van der Waals surface area contributed by atoms with Gasteiger partial charge in [-0.05, 0) is 38.1 Å². The van der Waals surface area contributed by atoms with Crippen LogP contribution in [0.3, 0.4) is 0 Å². The van der Waals surface area contributed by atoms with Crippen LogP contribution in [0, 0.1) is 5.82 Å². The van der Waals surface area contributed by atoms with Crippen molar-refractivity contribution in [2.75, 3.05) is 7.05 Å². The summed E-state index contributed by atoms with van der Waals surface area (Å²) in [7, 11) is 1.75. The van der Waals surface area contributed by atoms with Gasteiger partial charge in [-0.25, -0.2) is 4.39 Å². The Hall–Kier alpha value is -1.22. The molecule has 0 bridgehead atoms. The monoisotopic (exact) mass is 255 g/mol. The molecule has 0 spiro atoms. The van der Waals surface area contributed by atoms with Gasteiger partial charge in [-0.3, -0.25) is 4.79 Å². The van der Waals surface area contributed by atoms with Crippen LogP contribution in [-0.2, 0) is 11.2 Å². The molecule has 0 aromatic heterocycles. The minimum Gasteiger partial charge on any atom is -0.310 e. The van der Waals surface area contributed by atoms with Crippen LogP contribution in [0.1, 0.15) is 40.2 Å². The van der Waals surface area contributed by atoms with E-state index in [0.717, 1.165) is 5.56 Å². The molecule has 0 aliphatic heterocycles. The van der Waals surface area contributed by atoms with Crippen molar-refractivity contribution >= 4 is 5.78 Å². The van der Waals surface area contributed by atoms with E-state index in [1.54, 1.807) is 26.1 Å². The van der Waals surface area contributed by atoms with E-state index in [1.807, 2.05) is 27.7 Å². The molecular formula is C15H26FNO. The lowest BCUT2D eigenvalue weighted by Crippen LogP contribution is -2.34. The van der Waals surface area contributed by atoms with E-state index in [9.17, 15) is 9.18 Å². The fraction of sp³-hybridized carbons (Fsp3) is 0.533. The fourth-order valence-corrected chi connectivity index (χ4v) is 1.31. The first-order valence-electron chi connectivity index (χ1n) is 6.55. The van der Waals surface area contributed by atoms with Crippen LogP contribution in [0.5, 0.6) is 0 Å². The molecule has 0 aliphatic carbocycles. The van der Waals surface area contributed by atoms with E-state index in [0.29, 0.717) is 6.42 Å². The van der Waals surface area contributed by atoms with E-state index >= 15 is 0 Å². The molecule has 2 nitrogen and oxygen atoms in total. The molecule has 104 valence electrons. The minimum absolute atomic E-state index is 0.0943. The van der Waals surface area contributed by atoms with Gasteiger partial charge in [0.25, 0.3) is 0 Å². The molecule has 3 heteroatoms. The van der Waals surface area contributed by atoms with Crippen LogP contribution in [-0.4, -0.2) is 18.9 Å². The Balaban J connectivity index is 0. The summed E-state index contributed by atoms with van der Waals surface area (Å²) < 4.78 is 12.6. The lowest BCUT2D eigenvalue weighted by molar-refractivity contribution is -0.118. The second-order valence-electron chi connectivity index (χ2n) is 3.28. The smallest absolute Gasteiger partial charge is 0.147 e. The zero-order valence-electron chi connectivity index (χ0n) is 12.4. The molecule has 1 aromatic carbocycles. The number of halogens is 1. The Bertz CT molecular complexity index is 309. The van der Waals surface area contributed by atoms with Gasteiger partial charge in [0.2, 0.25) is 0 Å². The van der Waals surface area contributed by atoms with Gasteiger partial charge in [-0.15, -0.1) is 0 Å². The first-order chi connectivity index (χ1) is 8.63. The second kappa shape index (κ2) is 12.2. The predicted molar refractivity (Wildman–Crippen MR) is 76.3 cm³/mol. The maximum absolute atomic E-state index is 12.6. The Labute approximate surface area is 111 Å². The highest BCUT2D eigenvalue weighted by molar-refractivity contribution is 5.81. The second-order valence-corrected chi connectivity index (χ2v) is 3.28.